The highest BCUT2D eigenvalue weighted by molar-refractivity contribution is 5.79. The molecule has 8 nitrogen and oxygen atoms in total. The van der Waals surface area contributed by atoms with Crippen LogP contribution in [-0.2, 0) is 19.1 Å². The zero-order chi connectivity index (χ0) is 25.2. The number of alkyl carbamates (subject to hydrolysis) is 1. The van der Waals surface area contributed by atoms with Crippen LogP contribution in [0.4, 0.5) is 4.79 Å². The van der Waals surface area contributed by atoms with Gasteiger partial charge in [-0.05, 0) is 28.7 Å². The van der Waals surface area contributed by atoms with Gasteiger partial charge in [0.05, 0.1) is 0 Å². The molecule has 0 heterocycles. The van der Waals surface area contributed by atoms with E-state index >= 15 is 0 Å². The van der Waals surface area contributed by atoms with Crippen molar-refractivity contribution in [1.29, 1.82) is 0 Å². The highest BCUT2D eigenvalue weighted by Crippen LogP contribution is 2.44. The standard InChI is InChI=1S/C27H34N2O6/c1-3-4-9-18(16-25(30)28-15-14-24(34-2)26(31)32)29-27(33)35-17-23-21-12-7-5-10-19(21)20-11-6-8-13-22(20)23/h5-8,10-13,18,23-24H,3-4,9,14-17H2,1-2H3,(H,28,30)(H,29,33)(H,31,32)/t18-,24?/m0/s1. The maximum Gasteiger partial charge on any atom is 0.407 e. The number of unbranched alkanes of at least 4 members (excludes halogenated alkanes) is 1. The fourth-order valence-electron chi connectivity index (χ4n) is 4.46. The molecule has 2 aromatic rings. The molecule has 3 N–H and O–H groups in total. The van der Waals surface area contributed by atoms with Gasteiger partial charge in [0, 0.05) is 38.5 Å². The van der Waals surface area contributed by atoms with Crippen molar-refractivity contribution >= 4 is 18.0 Å². The molecule has 1 unspecified atom stereocenters. The van der Waals surface area contributed by atoms with Crippen LogP contribution in [0.25, 0.3) is 11.1 Å². The Morgan fingerprint density at radius 1 is 1.00 bits per heavy atom. The summed E-state index contributed by atoms with van der Waals surface area (Å²) in [6.07, 6.45) is 1.16. The van der Waals surface area contributed by atoms with Gasteiger partial charge in [0.2, 0.25) is 5.91 Å². The molecule has 1 aliphatic carbocycles. The maximum absolute atomic E-state index is 12.6. The van der Waals surface area contributed by atoms with Crippen LogP contribution in [0.1, 0.15) is 56.1 Å². The number of hydrogen-bond acceptors (Lipinski definition) is 5. The van der Waals surface area contributed by atoms with Crippen LogP contribution in [0.3, 0.4) is 0 Å². The normalized spacial score (nSPS) is 13.9. The fraction of sp³-hybridized carbons (Fsp3) is 0.444. The summed E-state index contributed by atoms with van der Waals surface area (Å²) < 4.78 is 10.5. The summed E-state index contributed by atoms with van der Waals surface area (Å²) in [5, 5.41) is 14.6. The van der Waals surface area contributed by atoms with Gasteiger partial charge in [0.15, 0.2) is 6.10 Å². The Bertz CT molecular complexity index is 979. The van der Waals surface area contributed by atoms with Crippen molar-refractivity contribution < 1.29 is 29.0 Å². The minimum atomic E-state index is -1.07. The maximum atomic E-state index is 12.6. The van der Waals surface area contributed by atoms with Crippen molar-refractivity contribution in [3.63, 3.8) is 0 Å². The van der Waals surface area contributed by atoms with Gasteiger partial charge in [-0.2, -0.15) is 0 Å². The monoisotopic (exact) mass is 482 g/mol. The molecule has 35 heavy (non-hydrogen) atoms. The first-order chi connectivity index (χ1) is 16.9. The van der Waals surface area contributed by atoms with E-state index in [1.54, 1.807) is 0 Å². The van der Waals surface area contributed by atoms with E-state index in [0.717, 1.165) is 35.1 Å². The molecule has 1 aliphatic rings. The molecule has 0 saturated heterocycles. The molecule has 0 bridgehead atoms. The molecule has 188 valence electrons. The van der Waals surface area contributed by atoms with E-state index in [-0.39, 0.29) is 43.9 Å². The molecule has 0 radical (unpaired) electrons. The van der Waals surface area contributed by atoms with Gasteiger partial charge >= 0.3 is 12.1 Å². The minimum absolute atomic E-state index is 0.0338. The predicted octanol–water partition coefficient (Wildman–Crippen LogP) is 4.08. The molecular formula is C27H34N2O6. The third-order valence-electron chi connectivity index (χ3n) is 6.29. The lowest BCUT2D eigenvalue weighted by Gasteiger charge is -2.20. The number of carboxylic acid groups (broad SMARTS) is 1. The average molecular weight is 483 g/mol. The van der Waals surface area contributed by atoms with Crippen molar-refractivity contribution in [2.45, 2.75) is 57.1 Å². The third-order valence-corrected chi connectivity index (χ3v) is 6.29. The van der Waals surface area contributed by atoms with Crippen molar-refractivity contribution in [1.82, 2.24) is 10.6 Å². The zero-order valence-electron chi connectivity index (χ0n) is 20.3. The summed E-state index contributed by atoms with van der Waals surface area (Å²) in [5.74, 6) is -1.36. The lowest BCUT2D eigenvalue weighted by Crippen LogP contribution is -2.40. The van der Waals surface area contributed by atoms with Crippen LogP contribution >= 0.6 is 0 Å². The van der Waals surface area contributed by atoms with Crippen LogP contribution in [0, 0.1) is 0 Å². The molecule has 0 saturated carbocycles. The number of carboxylic acids is 1. The number of benzene rings is 2. The smallest absolute Gasteiger partial charge is 0.407 e. The lowest BCUT2D eigenvalue weighted by molar-refractivity contribution is -0.149. The molecule has 0 aliphatic heterocycles. The number of methoxy groups -OCH3 is 1. The molecule has 2 atom stereocenters. The third kappa shape index (κ3) is 7.05. The Labute approximate surface area is 206 Å². The molecule has 0 aromatic heterocycles. The van der Waals surface area contributed by atoms with E-state index in [0.29, 0.717) is 6.42 Å². The first-order valence-electron chi connectivity index (χ1n) is 12.1. The summed E-state index contributed by atoms with van der Waals surface area (Å²) in [4.78, 5) is 36.1. The summed E-state index contributed by atoms with van der Waals surface area (Å²) in [6, 6.07) is 15.9. The van der Waals surface area contributed by atoms with Gasteiger partial charge in [0.25, 0.3) is 0 Å². The van der Waals surface area contributed by atoms with E-state index in [1.165, 1.54) is 7.11 Å². The van der Waals surface area contributed by atoms with Crippen molar-refractivity contribution in [3.05, 3.63) is 59.7 Å². The number of ether oxygens (including phenoxy) is 2. The van der Waals surface area contributed by atoms with E-state index in [2.05, 4.69) is 34.9 Å². The molecule has 2 amide bonds. The van der Waals surface area contributed by atoms with E-state index in [1.807, 2.05) is 31.2 Å². The van der Waals surface area contributed by atoms with Gasteiger partial charge in [-0.3, -0.25) is 4.79 Å². The largest absolute Gasteiger partial charge is 0.479 e. The Hall–Kier alpha value is -3.39. The van der Waals surface area contributed by atoms with Gasteiger partial charge in [-0.15, -0.1) is 0 Å². The van der Waals surface area contributed by atoms with Gasteiger partial charge in [0.1, 0.15) is 6.61 Å². The first-order valence-corrected chi connectivity index (χ1v) is 12.1. The highest BCUT2D eigenvalue weighted by Gasteiger charge is 2.29. The molecule has 0 fully saturated rings. The van der Waals surface area contributed by atoms with Crippen LogP contribution in [0.2, 0.25) is 0 Å². The summed E-state index contributed by atoms with van der Waals surface area (Å²) in [5.41, 5.74) is 4.60. The Balaban J connectivity index is 1.53. The highest BCUT2D eigenvalue weighted by atomic mass is 16.5. The summed E-state index contributed by atoms with van der Waals surface area (Å²) in [6.45, 7) is 2.43. The Morgan fingerprint density at radius 3 is 2.20 bits per heavy atom. The lowest BCUT2D eigenvalue weighted by atomic mass is 9.98. The van der Waals surface area contributed by atoms with Crippen LogP contribution in [0.15, 0.2) is 48.5 Å². The number of rotatable bonds is 13. The Kier molecular flexibility index (Phi) is 9.66. The second-order valence-electron chi connectivity index (χ2n) is 8.71. The number of carbonyl (C=O) groups is 3. The molecule has 2 aromatic carbocycles. The number of amides is 2. The predicted molar refractivity (Wildman–Crippen MR) is 132 cm³/mol. The first kappa shape index (κ1) is 26.2. The number of carbonyl (C=O) groups excluding carboxylic acids is 2. The van der Waals surface area contributed by atoms with E-state index in [9.17, 15) is 14.4 Å². The number of fused-ring (bicyclic) bond motifs is 3. The second kappa shape index (κ2) is 12.9. The zero-order valence-corrected chi connectivity index (χ0v) is 20.3. The Morgan fingerprint density at radius 2 is 1.63 bits per heavy atom. The molecule has 3 rings (SSSR count). The van der Waals surface area contributed by atoms with E-state index in [4.69, 9.17) is 14.6 Å². The topological polar surface area (TPSA) is 114 Å². The van der Waals surface area contributed by atoms with Crippen LogP contribution < -0.4 is 10.6 Å². The molecule has 8 heteroatoms. The van der Waals surface area contributed by atoms with Gasteiger partial charge in [-0.25, -0.2) is 9.59 Å². The molecule has 0 spiro atoms. The van der Waals surface area contributed by atoms with Crippen LogP contribution in [-0.4, -0.2) is 55.5 Å². The average Bonchev–Trinajstić information content (AvgIpc) is 3.17. The summed E-state index contributed by atoms with van der Waals surface area (Å²) in [7, 11) is 1.32. The van der Waals surface area contributed by atoms with Crippen molar-refractivity contribution in [2.75, 3.05) is 20.3 Å². The van der Waals surface area contributed by atoms with Gasteiger partial charge in [-0.1, -0.05) is 68.3 Å². The fourth-order valence-corrected chi connectivity index (χ4v) is 4.46. The molecular weight excluding hydrogens is 448 g/mol. The number of hydrogen-bond donors (Lipinski definition) is 3. The summed E-state index contributed by atoms with van der Waals surface area (Å²) >= 11 is 0. The number of aliphatic carboxylic acids is 1. The van der Waals surface area contributed by atoms with Crippen molar-refractivity contribution in [3.8, 4) is 11.1 Å². The van der Waals surface area contributed by atoms with E-state index < -0.39 is 18.2 Å². The van der Waals surface area contributed by atoms with Crippen LogP contribution in [0.5, 0.6) is 0 Å². The van der Waals surface area contributed by atoms with Gasteiger partial charge < -0.3 is 25.2 Å². The quantitative estimate of drug-likeness (QED) is 0.396. The SMILES string of the molecule is CCCC[C@@H](CC(=O)NCCC(OC)C(=O)O)NC(=O)OCC1c2ccccc2-c2ccccc21. The minimum Gasteiger partial charge on any atom is -0.479 e. The second-order valence-corrected chi connectivity index (χ2v) is 8.71. The number of nitrogens with one attached hydrogen (secondary N) is 2. The van der Waals surface area contributed by atoms with Crippen molar-refractivity contribution in [2.24, 2.45) is 0 Å².